The lowest BCUT2D eigenvalue weighted by atomic mass is 9.73. The number of ether oxygens (including phenoxy) is 6. The first-order valence-corrected chi connectivity index (χ1v) is 12.2. The summed E-state index contributed by atoms with van der Waals surface area (Å²) in [5.74, 6) is 0.117. The van der Waals surface area contributed by atoms with Gasteiger partial charge in [0.1, 0.15) is 6.10 Å². The molecule has 38 heavy (non-hydrogen) atoms. The molecule has 9 heteroatoms. The summed E-state index contributed by atoms with van der Waals surface area (Å²) in [6.45, 7) is 3.46. The van der Waals surface area contributed by atoms with Gasteiger partial charge in [0.25, 0.3) is 0 Å². The first-order valence-electron chi connectivity index (χ1n) is 12.2. The van der Waals surface area contributed by atoms with E-state index >= 15 is 0 Å². The summed E-state index contributed by atoms with van der Waals surface area (Å²) in [4.78, 5) is 13.3. The number of carbonyl (C=O) groups excluding carboxylic acids is 1. The minimum absolute atomic E-state index is 0.0267. The minimum atomic E-state index is -1.37. The van der Waals surface area contributed by atoms with Crippen molar-refractivity contribution in [1.29, 1.82) is 0 Å². The van der Waals surface area contributed by atoms with Crippen LogP contribution < -0.4 is 23.7 Å². The Labute approximate surface area is 220 Å². The fourth-order valence-corrected chi connectivity index (χ4v) is 5.22. The summed E-state index contributed by atoms with van der Waals surface area (Å²) in [6, 6.07) is 12.1. The Morgan fingerprint density at radius 3 is 2.37 bits per heavy atom. The highest BCUT2D eigenvalue weighted by atomic mass is 16.7. The van der Waals surface area contributed by atoms with Crippen molar-refractivity contribution in [2.45, 2.75) is 32.0 Å². The minimum Gasteiger partial charge on any atom is -0.504 e. The monoisotopic (exact) mass is 522 g/mol. The van der Waals surface area contributed by atoms with E-state index in [1.165, 1.54) is 21.3 Å². The third kappa shape index (κ3) is 4.03. The van der Waals surface area contributed by atoms with Crippen molar-refractivity contribution in [3.05, 3.63) is 59.2 Å². The molecule has 9 nitrogen and oxygen atoms in total. The first kappa shape index (κ1) is 25.5. The Morgan fingerprint density at radius 1 is 1.00 bits per heavy atom. The molecule has 3 unspecified atom stereocenters. The SMILES string of the molecule is COc1cc2c(c(O)c1OC)-c1c(cc3c(c1OC)OCO3)C(OC(=O)c1ccccc1)C(C)C(C)(O)C2. The summed E-state index contributed by atoms with van der Waals surface area (Å²) >= 11 is 0. The number of hydrogen-bond donors (Lipinski definition) is 2. The Balaban J connectivity index is 1.83. The van der Waals surface area contributed by atoms with E-state index in [1.54, 1.807) is 43.3 Å². The number of fused-ring (bicyclic) bond motifs is 4. The molecule has 1 heterocycles. The van der Waals surface area contributed by atoms with Gasteiger partial charge >= 0.3 is 5.97 Å². The maximum atomic E-state index is 13.3. The van der Waals surface area contributed by atoms with E-state index in [1.807, 2.05) is 13.0 Å². The average molecular weight is 523 g/mol. The highest BCUT2D eigenvalue weighted by Gasteiger charge is 2.45. The molecule has 5 rings (SSSR count). The summed E-state index contributed by atoms with van der Waals surface area (Å²) in [5.41, 5.74) is 0.850. The van der Waals surface area contributed by atoms with Gasteiger partial charge in [-0.05, 0) is 36.8 Å². The van der Waals surface area contributed by atoms with E-state index in [4.69, 9.17) is 28.4 Å². The van der Waals surface area contributed by atoms with E-state index in [-0.39, 0.29) is 24.7 Å². The van der Waals surface area contributed by atoms with Gasteiger partial charge in [0.05, 0.1) is 32.5 Å². The zero-order chi connectivity index (χ0) is 27.2. The van der Waals surface area contributed by atoms with Crippen molar-refractivity contribution >= 4 is 5.97 Å². The van der Waals surface area contributed by atoms with Crippen LogP contribution in [-0.4, -0.2) is 49.9 Å². The molecule has 0 spiro atoms. The van der Waals surface area contributed by atoms with Crippen molar-refractivity contribution in [2.75, 3.05) is 28.1 Å². The predicted molar refractivity (Wildman–Crippen MR) is 137 cm³/mol. The largest absolute Gasteiger partial charge is 0.504 e. The second-order valence-corrected chi connectivity index (χ2v) is 9.62. The highest BCUT2D eigenvalue weighted by molar-refractivity contribution is 5.91. The van der Waals surface area contributed by atoms with Crippen molar-refractivity contribution in [3.63, 3.8) is 0 Å². The average Bonchev–Trinajstić information content (AvgIpc) is 3.38. The van der Waals surface area contributed by atoms with Crippen LogP contribution in [0.5, 0.6) is 34.5 Å². The molecule has 2 N–H and O–H groups in total. The lowest BCUT2D eigenvalue weighted by molar-refractivity contribution is -0.0629. The fraction of sp³-hybridized carbons (Fsp3) is 0.345. The molecule has 200 valence electrons. The van der Waals surface area contributed by atoms with Crippen LogP contribution in [0.3, 0.4) is 0 Å². The number of aliphatic hydroxyl groups is 1. The maximum Gasteiger partial charge on any atom is 0.338 e. The Kier molecular flexibility index (Phi) is 6.48. The van der Waals surface area contributed by atoms with Crippen molar-refractivity contribution < 1.29 is 43.4 Å². The first-order chi connectivity index (χ1) is 18.2. The van der Waals surface area contributed by atoms with Crippen LogP contribution in [0.25, 0.3) is 11.1 Å². The second-order valence-electron chi connectivity index (χ2n) is 9.62. The maximum absolute atomic E-state index is 13.3. The van der Waals surface area contributed by atoms with E-state index < -0.39 is 23.6 Å². The molecule has 3 aromatic rings. The van der Waals surface area contributed by atoms with Gasteiger partial charge in [0.2, 0.25) is 18.3 Å². The van der Waals surface area contributed by atoms with Gasteiger partial charge in [0.15, 0.2) is 23.0 Å². The zero-order valence-corrected chi connectivity index (χ0v) is 21.9. The molecule has 1 aliphatic carbocycles. The predicted octanol–water partition coefficient (Wildman–Crippen LogP) is 4.66. The Hall–Kier alpha value is -4.11. The molecule has 0 saturated heterocycles. The van der Waals surface area contributed by atoms with Gasteiger partial charge < -0.3 is 38.6 Å². The van der Waals surface area contributed by atoms with Gasteiger partial charge in [-0.25, -0.2) is 4.79 Å². The van der Waals surface area contributed by atoms with Crippen LogP contribution >= 0.6 is 0 Å². The van der Waals surface area contributed by atoms with E-state index in [2.05, 4.69) is 0 Å². The van der Waals surface area contributed by atoms with Crippen LogP contribution in [0.15, 0.2) is 42.5 Å². The third-order valence-corrected chi connectivity index (χ3v) is 7.36. The van der Waals surface area contributed by atoms with Crippen molar-refractivity contribution in [2.24, 2.45) is 5.92 Å². The van der Waals surface area contributed by atoms with E-state index in [0.717, 1.165) is 0 Å². The number of hydrogen-bond acceptors (Lipinski definition) is 9. The normalized spacial score (nSPS) is 21.4. The molecular weight excluding hydrogens is 492 g/mol. The van der Waals surface area contributed by atoms with Gasteiger partial charge in [-0.3, -0.25) is 0 Å². The molecule has 3 atom stereocenters. The van der Waals surface area contributed by atoms with Crippen molar-refractivity contribution in [1.82, 2.24) is 0 Å². The molecule has 0 bridgehead atoms. The number of aromatic hydroxyl groups is 1. The molecular formula is C29H30O9. The van der Waals surface area contributed by atoms with Gasteiger partial charge in [-0.1, -0.05) is 25.1 Å². The molecule has 0 aromatic heterocycles. The van der Waals surface area contributed by atoms with Gasteiger partial charge in [-0.15, -0.1) is 0 Å². The third-order valence-electron chi connectivity index (χ3n) is 7.36. The molecule has 3 aromatic carbocycles. The Morgan fingerprint density at radius 2 is 1.71 bits per heavy atom. The van der Waals surface area contributed by atoms with Crippen LogP contribution in [0.4, 0.5) is 0 Å². The van der Waals surface area contributed by atoms with Crippen LogP contribution in [0, 0.1) is 5.92 Å². The summed E-state index contributed by atoms with van der Waals surface area (Å²) in [7, 11) is 4.38. The van der Waals surface area contributed by atoms with Gasteiger partial charge in [-0.2, -0.15) is 0 Å². The smallest absolute Gasteiger partial charge is 0.338 e. The number of methoxy groups -OCH3 is 3. The summed E-state index contributed by atoms with van der Waals surface area (Å²) < 4.78 is 34.3. The summed E-state index contributed by atoms with van der Waals surface area (Å²) in [6.07, 6.45) is -0.842. The number of phenolic OH excluding ortho intramolecular Hbond substituents is 1. The number of esters is 1. The summed E-state index contributed by atoms with van der Waals surface area (Å²) in [5, 5.41) is 23.3. The number of benzene rings is 3. The van der Waals surface area contributed by atoms with Gasteiger partial charge in [0, 0.05) is 29.0 Å². The number of phenols is 1. The number of carbonyl (C=O) groups is 1. The molecule has 0 amide bonds. The molecule has 0 radical (unpaired) electrons. The number of rotatable bonds is 5. The highest BCUT2D eigenvalue weighted by Crippen LogP contribution is 2.58. The van der Waals surface area contributed by atoms with E-state index in [0.29, 0.717) is 50.8 Å². The standard InChI is InChI=1S/C29H30O9/c1-15-24(38-28(31)16-9-7-6-8-10-16)18-12-20-26(37-14-36-20)27(35-5)22(18)21-17(13-29(15,2)32)11-19(33-3)25(34-4)23(21)30/h6-12,15,24,30,32H,13-14H2,1-5H3. The lowest BCUT2D eigenvalue weighted by Crippen LogP contribution is -2.41. The van der Waals surface area contributed by atoms with Crippen LogP contribution in [0.2, 0.25) is 0 Å². The lowest BCUT2D eigenvalue weighted by Gasteiger charge is -2.39. The topological polar surface area (TPSA) is 113 Å². The molecule has 0 saturated carbocycles. The fourth-order valence-electron chi connectivity index (χ4n) is 5.22. The zero-order valence-electron chi connectivity index (χ0n) is 21.9. The molecule has 2 aliphatic rings. The van der Waals surface area contributed by atoms with Crippen LogP contribution in [0.1, 0.15) is 41.4 Å². The van der Waals surface area contributed by atoms with E-state index in [9.17, 15) is 15.0 Å². The quantitative estimate of drug-likeness (QED) is 0.462. The molecule has 1 aliphatic heterocycles. The molecule has 0 fully saturated rings. The Bertz CT molecular complexity index is 1380. The van der Waals surface area contributed by atoms with Crippen LogP contribution in [-0.2, 0) is 11.2 Å². The van der Waals surface area contributed by atoms with Crippen molar-refractivity contribution in [3.8, 4) is 45.6 Å². The second kappa shape index (κ2) is 9.64.